The zero-order valence-electron chi connectivity index (χ0n) is 13.4. The minimum Gasteiger partial charge on any atom is -0.377 e. The second kappa shape index (κ2) is 8.18. The second-order valence-electron chi connectivity index (χ2n) is 5.60. The van der Waals surface area contributed by atoms with Crippen LogP contribution in [-0.2, 0) is 11.2 Å². The normalized spacial score (nSPS) is 11.7. The minimum absolute atomic E-state index is 0.340. The second-order valence-corrected chi connectivity index (χ2v) is 6.48. The van der Waals surface area contributed by atoms with Crippen molar-refractivity contribution in [2.75, 3.05) is 19.0 Å². The minimum atomic E-state index is -0.632. The molecule has 0 fully saturated rings. The standard InChI is InChI=1S/C18H18Cl2N2O2/c1-22(2)17-8-7-14(20)10-16(17)18(24)21-15(11-23)9-12-3-5-13(19)6-4-12/h3-8,10-11,15H,9H2,1-2H3,(H,21,24). The fourth-order valence-corrected chi connectivity index (χ4v) is 2.63. The molecule has 126 valence electrons. The van der Waals surface area contributed by atoms with Crippen LogP contribution < -0.4 is 10.2 Å². The number of carbonyl (C=O) groups is 2. The third-order valence-electron chi connectivity index (χ3n) is 3.53. The molecule has 0 aromatic heterocycles. The molecule has 0 saturated carbocycles. The highest BCUT2D eigenvalue weighted by Gasteiger charge is 2.18. The lowest BCUT2D eigenvalue weighted by molar-refractivity contribution is -0.109. The van der Waals surface area contributed by atoms with Gasteiger partial charge in [-0.3, -0.25) is 4.79 Å². The van der Waals surface area contributed by atoms with Gasteiger partial charge in [0.2, 0.25) is 0 Å². The van der Waals surface area contributed by atoms with Gasteiger partial charge in [-0.25, -0.2) is 0 Å². The highest BCUT2D eigenvalue weighted by molar-refractivity contribution is 6.31. The molecule has 0 aliphatic carbocycles. The van der Waals surface area contributed by atoms with E-state index in [0.717, 1.165) is 17.5 Å². The monoisotopic (exact) mass is 364 g/mol. The zero-order valence-corrected chi connectivity index (χ0v) is 14.9. The average Bonchev–Trinajstić information content (AvgIpc) is 2.55. The van der Waals surface area contributed by atoms with Crippen molar-refractivity contribution < 1.29 is 9.59 Å². The Morgan fingerprint density at radius 2 is 1.75 bits per heavy atom. The van der Waals surface area contributed by atoms with E-state index < -0.39 is 6.04 Å². The Morgan fingerprint density at radius 3 is 2.33 bits per heavy atom. The average molecular weight is 365 g/mol. The molecule has 0 aliphatic rings. The van der Waals surface area contributed by atoms with Crippen LogP contribution in [0.4, 0.5) is 5.69 Å². The van der Waals surface area contributed by atoms with E-state index in [-0.39, 0.29) is 5.91 Å². The van der Waals surface area contributed by atoms with Gasteiger partial charge in [0.05, 0.1) is 11.6 Å². The quantitative estimate of drug-likeness (QED) is 0.796. The molecule has 0 aliphatic heterocycles. The SMILES string of the molecule is CN(C)c1ccc(Cl)cc1C(=O)NC(C=O)Cc1ccc(Cl)cc1. The number of hydrogen-bond acceptors (Lipinski definition) is 3. The molecular formula is C18H18Cl2N2O2. The van der Waals surface area contributed by atoms with E-state index in [1.54, 1.807) is 30.3 Å². The van der Waals surface area contributed by atoms with Crippen molar-refractivity contribution >= 4 is 41.1 Å². The van der Waals surface area contributed by atoms with Crippen LogP contribution in [0.15, 0.2) is 42.5 Å². The van der Waals surface area contributed by atoms with Crippen LogP contribution in [0.25, 0.3) is 0 Å². The van der Waals surface area contributed by atoms with Crippen LogP contribution in [0, 0.1) is 0 Å². The fraction of sp³-hybridized carbons (Fsp3) is 0.222. The van der Waals surface area contributed by atoms with Crippen molar-refractivity contribution in [3.8, 4) is 0 Å². The molecule has 6 heteroatoms. The van der Waals surface area contributed by atoms with Gasteiger partial charge in [0.15, 0.2) is 0 Å². The van der Waals surface area contributed by atoms with Crippen LogP contribution in [0.2, 0.25) is 10.0 Å². The van der Waals surface area contributed by atoms with Gasteiger partial charge < -0.3 is 15.0 Å². The Kier molecular flexibility index (Phi) is 6.23. The van der Waals surface area contributed by atoms with Crippen molar-refractivity contribution in [1.82, 2.24) is 5.32 Å². The first kappa shape index (κ1) is 18.3. The number of halogens is 2. The third-order valence-corrected chi connectivity index (χ3v) is 4.02. The summed E-state index contributed by atoms with van der Waals surface area (Å²) in [7, 11) is 3.68. The summed E-state index contributed by atoms with van der Waals surface area (Å²) in [4.78, 5) is 25.7. The van der Waals surface area contributed by atoms with Crippen LogP contribution in [0.1, 0.15) is 15.9 Å². The Bertz CT molecular complexity index is 730. The third kappa shape index (κ3) is 4.73. The summed E-state index contributed by atoms with van der Waals surface area (Å²) in [5.74, 6) is -0.340. The van der Waals surface area contributed by atoms with Crippen LogP contribution in [0.5, 0.6) is 0 Å². The number of aldehydes is 1. The molecule has 0 spiro atoms. The predicted octanol–water partition coefficient (Wildman–Crippen LogP) is 3.60. The van der Waals surface area contributed by atoms with Crippen molar-refractivity contribution in [3.05, 3.63) is 63.6 Å². The maximum atomic E-state index is 12.6. The molecule has 0 radical (unpaired) electrons. The van der Waals surface area contributed by atoms with Crippen LogP contribution in [-0.4, -0.2) is 32.3 Å². The Morgan fingerprint density at radius 1 is 1.12 bits per heavy atom. The number of hydrogen-bond donors (Lipinski definition) is 1. The number of amides is 1. The smallest absolute Gasteiger partial charge is 0.254 e. The van der Waals surface area contributed by atoms with E-state index in [1.807, 2.05) is 31.1 Å². The van der Waals surface area contributed by atoms with Crippen molar-refractivity contribution in [1.29, 1.82) is 0 Å². The zero-order chi connectivity index (χ0) is 17.7. The molecule has 4 nitrogen and oxygen atoms in total. The first-order valence-corrected chi connectivity index (χ1v) is 8.13. The van der Waals surface area contributed by atoms with Gasteiger partial charge in [-0.05, 0) is 42.3 Å². The maximum Gasteiger partial charge on any atom is 0.254 e. The molecule has 24 heavy (non-hydrogen) atoms. The molecule has 2 rings (SSSR count). The maximum absolute atomic E-state index is 12.6. The summed E-state index contributed by atoms with van der Waals surface area (Å²) in [6.07, 6.45) is 1.12. The number of nitrogens with one attached hydrogen (secondary N) is 1. The number of nitrogens with zero attached hydrogens (tertiary/aromatic N) is 1. The largest absolute Gasteiger partial charge is 0.377 e. The molecule has 1 N–H and O–H groups in total. The van der Waals surface area contributed by atoms with E-state index in [9.17, 15) is 9.59 Å². The lowest BCUT2D eigenvalue weighted by Crippen LogP contribution is -2.38. The molecule has 1 atom stereocenters. The van der Waals surface area contributed by atoms with Crippen LogP contribution in [0.3, 0.4) is 0 Å². The number of anilines is 1. The molecule has 0 bridgehead atoms. The summed E-state index contributed by atoms with van der Waals surface area (Å²) in [6.45, 7) is 0. The van der Waals surface area contributed by atoms with Crippen molar-refractivity contribution in [3.63, 3.8) is 0 Å². The van der Waals surface area contributed by atoms with Gasteiger partial charge >= 0.3 is 0 Å². The molecule has 1 unspecified atom stereocenters. The summed E-state index contributed by atoms with van der Waals surface area (Å²) < 4.78 is 0. The van der Waals surface area contributed by atoms with E-state index in [4.69, 9.17) is 23.2 Å². The van der Waals surface area contributed by atoms with Crippen molar-refractivity contribution in [2.45, 2.75) is 12.5 Å². The Balaban J connectivity index is 2.16. The topological polar surface area (TPSA) is 49.4 Å². The molecule has 1 amide bonds. The number of carbonyl (C=O) groups excluding carboxylic acids is 2. The van der Waals surface area contributed by atoms with Gasteiger partial charge in [-0.15, -0.1) is 0 Å². The van der Waals surface area contributed by atoms with E-state index in [1.165, 1.54) is 0 Å². The van der Waals surface area contributed by atoms with Crippen LogP contribution >= 0.6 is 23.2 Å². The summed E-state index contributed by atoms with van der Waals surface area (Å²) >= 11 is 11.9. The molecule has 2 aromatic rings. The van der Waals surface area contributed by atoms with E-state index in [0.29, 0.717) is 22.0 Å². The highest BCUT2D eigenvalue weighted by atomic mass is 35.5. The lowest BCUT2D eigenvalue weighted by atomic mass is 10.1. The number of benzene rings is 2. The Labute approximate surface area is 151 Å². The molecule has 2 aromatic carbocycles. The van der Waals surface area contributed by atoms with Gasteiger partial charge in [0.1, 0.15) is 6.29 Å². The first-order chi connectivity index (χ1) is 11.4. The van der Waals surface area contributed by atoms with Gasteiger partial charge in [0, 0.05) is 29.8 Å². The number of rotatable bonds is 6. The molecule has 0 heterocycles. The lowest BCUT2D eigenvalue weighted by Gasteiger charge is -2.19. The van der Waals surface area contributed by atoms with Gasteiger partial charge in [-0.1, -0.05) is 35.3 Å². The highest BCUT2D eigenvalue weighted by Crippen LogP contribution is 2.23. The van der Waals surface area contributed by atoms with Crippen molar-refractivity contribution in [2.24, 2.45) is 0 Å². The predicted molar refractivity (Wildman–Crippen MR) is 98.3 cm³/mol. The molecule has 0 saturated heterocycles. The Hall–Kier alpha value is -2.04. The van der Waals surface area contributed by atoms with Gasteiger partial charge in [-0.2, -0.15) is 0 Å². The summed E-state index contributed by atoms with van der Waals surface area (Å²) in [6, 6.07) is 11.6. The summed E-state index contributed by atoms with van der Waals surface area (Å²) in [5.41, 5.74) is 2.07. The molecular weight excluding hydrogens is 347 g/mol. The summed E-state index contributed by atoms with van der Waals surface area (Å²) in [5, 5.41) is 3.83. The van der Waals surface area contributed by atoms with E-state index in [2.05, 4.69) is 5.32 Å². The van der Waals surface area contributed by atoms with Gasteiger partial charge in [0.25, 0.3) is 5.91 Å². The van der Waals surface area contributed by atoms with E-state index >= 15 is 0 Å². The fourth-order valence-electron chi connectivity index (χ4n) is 2.33. The first-order valence-electron chi connectivity index (χ1n) is 7.38.